The SMILES string of the molecule is N#C[C@@H](C(=O)CN1CCN(Cc2ccccc2)CC1)c1ccccc1. The van der Waals surface area contributed by atoms with Crippen molar-refractivity contribution in [1.82, 2.24) is 9.80 Å². The van der Waals surface area contributed by atoms with Gasteiger partial charge in [0.05, 0.1) is 12.6 Å². The largest absolute Gasteiger partial charge is 0.297 e. The smallest absolute Gasteiger partial charge is 0.168 e. The lowest BCUT2D eigenvalue weighted by Gasteiger charge is -2.34. The molecule has 1 aliphatic heterocycles. The average Bonchev–Trinajstić information content (AvgIpc) is 2.66. The third-order valence-electron chi connectivity index (χ3n) is 4.68. The molecule has 0 spiro atoms. The van der Waals surface area contributed by atoms with E-state index < -0.39 is 5.92 Å². The molecule has 1 fully saturated rings. The highest BCUT2D eigenvalue weighted by molar-refractivity contribution is 5.90. The highest BCUT2D eigenvalue weighted by Gasteiger charge is 2.24. The normalized spacial score (nSPS) is 16.9. The van der Waals surface area contributed by atoms with Gasteiger partial charge in [-0.15, -0.1) is 0 Å². The van der Waals surface area contributed by atoms with E-state index in [1.165, 1.54) is 5.56 Å². The van der Waals surface area contributed by atoms with Crippen molar-refractivity contribution in [2.45, 2.75) is 12.5 Å². The van der Waals surface area contributed by atoms with Gasteiger partial charge in [0.1, 0.15) is 5.92 Å². The van der Waals surface area contributed by atoms with Crippen LogP contribution in [-0.2, 0) is 11.3 Å². The molecule has 0 bridgehead atoms. The van der Waals surface area contributed by atoms with E-state index in [0.717, 1.165) is 38.3 Å². The van der Waals surface area contributed by atoms with Crippen LogP contribution in [0.3, 0.4) is 0 Å². The van der Waals surface area contributed by atoms with E-state index in [-0.39, 0.29) is 5.78 Å². The van der Waals surface area contributed by atoms with Crippen LogP contribution in [0.4, 0.5) is 0 Å². The fourth-order valence-electron chi connectivity index (χ4n) is 3.24. The van der Waals surface area contributed by atoms with E-state index in [1.807, 2.05) is 36.4 Å². The summed E-state index contributed by atoms with van der Waals surface area (Å²) >= 11 is 0. The molecule has 0 aromatic heterocycles. The molecule has 0 amide bonds. The van der Waals surface area contributed by atoms with E-state index in [9.17, 15) is 10.1 Å². The molecular weight excluding hydrogens is 310 g/mol. The van der Waals surface area contributed by atoms with Gasteiger partial charge in [-0.1, -0.05) is 60.7 Å². The van der Waals surface area contributed by atoms with E-state index in [2.05, 4.69) is 40.1 Å². The molecule has 1 atom stereocenters. The maximum atomic E-state index is 12.5. The molecule has 1 aliphatic rings. The standard InChI is InChI=1S/C21H23N3O/c22-15-20(19-9-5-2-6-10-19)21(25)17-24-13-11-23(12-14-24)16-18-7-3-1-4-8-18/h1-10,20H,11-14,16-17H2/t20-/m1/s1. The average molecular weight is 333 g/mol. The van der Waals surface area contributed by atoms with Crippen molar-refractivity contribution in [2.75, 3.05) is 32.7 Å². The number of benzene rings is 2. The summed E-state index contributed by atoms with van der Waals surface area (Å²) in [5, 5.41) is 9.39. The Labute approximate surface area is 149 Å². The van der Waals surface area contributed by atoms with Gasteiger partial charge >= 0.3 is 0 Å². The van der Waals surface area contributed by atoms with Crippen LogP contribution in [0.2, 0.25) is 0 Å². The van der Waals surface area contributed by atoms with Crippen molar-refractivity contribution in [1.29, 1.82) is 5.26 Å². The number of hydrogen-bond donors (Lipinski definition) is 0. The van der Waals surface area contributed by atoms with Crippen LogP contribution < -0.4 is 0 Å². The van der Waals surface area contributed by atoms with E-state index in [4.69, 9.17) is 0 Å². The summed E-state index contributed by atoms with van der Waals surface area (Å²) in [4.78, 5) is 17.1. The Hall–Kier alpha value is -2.48. The Morgan fingerprint density at radius 1 is 0.920 bits per heavy atom. The number of nitrogens with zero attached hydrogens (tertiary/aromatic N) is 3. The van der Waals surface area contributed by atoms with Gasteiger partial charge in [-0.2, -0.15) is 5.26 Å². The highest BCUT2D eigenvalue weighted by Crippen LogP contribution is 2.17. The Morgan fingerprint density at radius 2 is 1.48 bits per heavy atom. The van der Waals surface area contributed by atoms with Crippen molar-refractivity contribution in [3.8, 4) is 6.07 Å². The second-order valence-corrected chi connectivity index (χ2v) is 6.48. The number of carbonyl (C=O) groups excluding carboxylic acids is 1. The Bertz CT molecular complexity index is 716. The zero-order valence-corrected chi connectivity index (χ0v) is 14.3. The lowest BCUT2D eigenvalue weighted by Crippen LogP contribution is -2.47. The summed E-state index contributed by atoms with van der Waals surface area (Å²) in [7, 11) is 0. The van der Waals surface area contributed by atoms with Gasteiger partial charge < -0.3 is 0 Å². The number of carbonyl (C=O) groups is 1. The van der Waals surface area contributed by atoms with Crippen molar-refractivity contribution in [2.24, 2.45) is 0 Å². The highest BCUT2D eigenvalue weighted by atomic mass is 16.1. The molecule has 0 saturated carbocycles. The second-order valence-electron chi connectivity index (χ2n) is 6.48. The summed E-state index contributed by atoms with van der Waals surface area (Å²) in [6.45, 7) is 4.94. The van der Waals surface area contributed by atoms with Gasteiger partial charge in [0.25, 0.3) is 0 Å². The maximum absolute atomic E-state index is 12.5. The van der Waals surface area contributed by atoms with Gasteiger partial charge in [-0.25, -0.2) is 0 Å². The summed E-state index contributed by atoms with van der Waals surface area (Å²) < 4.78 is 0. The zero-order valence-electron chi connectivity index (χ0n) is 14.3. The predicted molar refractivity (Wildman–Crippen MR) is 98.0 cm³/mol. The van der Waals surface area contributed by atoms with E-state index in [0.29, 0.717) is 6.54 Å². The minimum atomic E-state index is -0.663. The number of hydrogen-bond acceptors (Lipinski definition) is 4. The molecule has 0 unspecified atom stereocenters. The predicted octanol–water partition coefficient (Wildman–Crippen LogP) is 2.68. The molecule has 4 nitrogen and oxygen atoms in total. The molecule has 0 N–H and O–H groups in total. The van der Waals surface area contributed by atoms with Gasteiger partial charge in [0.2, 0.25) is 0 Å². The van der Waals surface area contributed by atoms with E-state index >= 15 is 0 Å². The first-order valence-corrected chi connectivity index (χ1v) is 8.72. The third-order valence-corrected chi connectivity index (χ3v) is 4.68. The lowest BCUT2D eigenvalue weighted by molar-refractivity contribution is -0.120. The molecule has 1 saturated heterocycles. The Balaban J connectivity index is 1.50. The Morgan fingerprint density at radius 3 is 2.08 bits per heavy atom. The van der Waals surface area contributed by atoms with Crippen molar-refractivity contribution < 1.29 is 4.79 Å². The van der Waals surface area contributed by atoms with Crippen LogP contribution in [-0.4, -0.2) is 48.3 Å². The van der Waals surface area contributed by atoms with Crippen molar-refractivity contribution in [3.63, 3.8) is 0 Å². The summed E-state index contributed by atoms with van der Waals surface area (Å²) in [5.74, 6) is -0.672. The maximum Gasteiger partial charge on any atom is 0.168 e. The number of nitriles is 1. The molecule has 4 heteroatoms. The zero-order chi connectivity index (χ0) is 17.5. The monoisotopic (exact) mass is 333 g/mol. The summed E-state index contributed by atoms with van der Waals surface area (Å²) in [5.41, 5.74) is 2.11. The van der Waals surface area contributed by atoms with E-state index in [1.54, 1.807) is 0 Å². The molecule has 2 aromatic rings. The van der Waals surface area contributed by atoms with Crippen LogP contribution >= 0.6 is 0 Å². The van der Waals surface area contributed by atoms with Gasteiger partial charge in [-0.05, 0) is 11.1 Å². The van der Waals surface area contributed by atoms with Crippen LogP contribution in [0.15, 0.2) is 60.7 Å². The van der Waals surface area contributed by atoms with Gasteiger partial charge in [-0.3, -0.25) is 14.6 Å². The third kappa shape index (κ3) is 4.76. The lowest BCUT2D eigenvalue weighted by atomic mass is 9.96. The number of ketones is 1. The van der Waals surface area contributed by atoms with Crippen LogP contribution in [0, 0.1) is 11.3 Å². The van der Waals surface area contributed by atoms with Crippen molar-refractivity contribution >= 4 is 5.78 Å². The number of piperazine rings is 1. The fraction of sp³-hybridized carbons (Fsp3) is 0.333. The van der Waals surface area contributed by atoms with Crippen LogP contribution in [0.25, 0.3) is 0 Å². The molecule has 0 radical (unpaired) electrons. The number of rotatable bonds is 6. The van der Waals surface area contributed by atoms with Crippen molar-refractivity contribution in [3.05, 3.63) is 71.8 Å². The summed E-state index contributed by atoms with van der Waals surface area (Å²) in [6.07, 6.45) is 0. The molecule has 1 heterocycles. The number of Topliss-reactive ketones (excluding diaryl/α,β-unsaturated/α-hetero) is 1. The molecule has 0 aliphatic carbocycles. The molecule has 128 valence electrons. The van der Waals surface area contributed by atoms with Crippen LogP contribution in [0.1, 0.15) is 17.0 Å². The van der Waals surface area contributed by atoms with Gasteiger partial charge in [0, 0.05) is 32.7 Å². The quantitative estimate of drug-likeness (QED) is 0.815. The first-order chi connectivity index (χ1) is 12.3. The fourth-order valence-corrected chi connectivity index (χ4v) is 3.24. The minimum absolute atomic E-state index is 0.00907. The Kier molecular flexibility index (Phi) is 5.95. The molecule has 25 heavy (non-hydrogen) atoms. The molecule has 3 rings (SSSR count). The second kappa shape index (κ2) is 8.57. The molecule has 2 aromatic carbocycles. The van der Waals surface area contributed by atoms with Gasteiger partial charge in [0.15, 0.2) is 5.78 Å². The van der Waals surface area contributed by atoms with Crippen LogP contribution in [0.5, 0.6) is 0 Å². The minimum Gasteiger partial charge on any atom is -0.297 e. The molecular formula is C21H23N3O. The first kappa shape index (κ1) is 17.3. The summed E-state index contributed by atoms with van der Waals surface area (Å²) in [6, 6.07) is 22.0. The topological polar surface area (TPSA) is 47.3 Å². The first-order valence-electron chi connectivity index (χ1n) is 8.72.